The Morgan fingerprint density at radius 3 is 2.70 bits per heavy atom. The molecular formula is C15H18ClNO6. The molecule has 2 N–H and O–H groups in total. The zero-order valence-electron chi connectivity index (χ0n) is 12.6. The number of aliphatic hydroxyl groups excluding tert-OH is 1. The van der Waals surface area contributed by atoms with Gasteiger partial charge in [0.25, 0.3) is 5.91 Å². The molecule has 0 bridgehead atoms. The number of aromatic carboxylic acids is 1. The molecule has 1 aromatic rings. The van der Waals surface area contributed by atoms with Gasteiger partial charge >= 0.3 is 5.97 Å². The third-order valence-electron chi connectivity index (χ3n) is 3.62. The predicted octanol–water partition coefficient (Wildman–Crippen LogP) is 1.27. The normalized spacial score (nSPS) is 17.3. The highest BCUT2D eigenvalue weighted by Crippen LogP contribution is 2.29. The first-order chi connectivity index (χ1) is 11.0. The monoisotopic (exact) mass is 343 g/mol. The molecule has 1 fully saturated rings. The first kappa shape index (κ1) is 17.5. The summed E-state index contributed by atoms with van der Waals surface area (Å²) in [5.41, 5.74) is -0.0899. The topological polar surface area (TPSA) is 96.3 Å². The van der Waals surface area contributed by atoms with E-state index in [2.05, 4.69) is 0 Å². The summed E-state index contributed by atoms with van der Waals surface area (Å²) in [6.45, 7) is 0.990. The number of carbonyl (C=O) groups is 2. The number of rotatable bonds is 6. The van der Waals surface area contributed by atoms with E-state index in [1.165, 1.54) is 19.2 Å². The van der Waals surface area contributed by atoms with Crippen LogP contribution in [-0.4, -0.2) is 66.5 Å². The number of halogens is 1. The van der Waals surface area contributed by atoms with Crippen molar-refractivity contribution >= 4 is 23.5 Å². The lowest BCUT2D eigenvalue weighted by molar-refractivity contribution is 0.0330. The standard InChI is InChI=1S/C15H18ClNO6/c1-22-10-6-11(13(16)12(7-10)15(20)21)14(19)17-3-2-9(8-17)23-5-4-18/h6-7,9,18H,2-5,8H2,1H3,(H,20,21). The Kier molecular flexibility index (Phi) is 5.81. The number of amides is 1. The maximum absolute atomic E-state index is 12.6. The molecule has 1 heterocycles. The third-order valence-corrected chi connectivity index (χ3v) is 4.03. The van der Waals surface area contributed by atoms with E-state index in [1.807, 2.05) is 0 Å². The molecule has 1 aliphatic rings. The number of ether oxygens (including phenoxy) is 2. The van der Waals surface area contributed by atoms with Gasteiger partial charge in [-0.25, -0.2) is 4.79 Å². The summed E-state index contributed by atoms with van der Waals surface area (Å²) in [7, 11) is 1.39. The Balaban J connectivity index is 2.22. The number of nitrogens with zero attached hydrogens (tertiary/aromatic N) is 1. The number of hydrogen-bond acceptors (Lipinski definition) is 5. The molecule has 0 aliphatic carbocycles. The van der Waals surface area contributed by atoms with Gasteiger partial charge in [-0.1, -0.05) is 11.6 Å². The number of hydrogen-bond donors (Lipinski definition) is 2. The molecule has 0 aromatic heterocycles. The summed E-state index contributed by atoms with van der Waals surface area (Å²) in [6, 6.07) is 2.71. The second-order valence-corrected chi connectivity index (χ2v) is 5.48. The molecule has 8 heteroatoms. The zero-order chi connectivity index (χ0) is 17.0. The number of benzene rings is 1. The van der Waals surface area contributed by atoms with Gasteiger partial charge in [-0.05, 0) is 18.6 Å². The molecule has 1 aromatic carbocycles. The lowest BCUT2D eigenvalue weighted by Gasteiger charge is -2.18. The van der Waals surface area contributed by atoms with Crippen LogP contribution < -0.4 is 4.74 Å². The Labute approximate surface area is 138 Å². The van der Waals surface area contributed by atoms with Gasteiger partial charge < -0.3 is 24.6 Å². The maximum atomic E-state index is 12.6. The fourth-order valence-corrected chi connectivity index (χ4v) is 2.74. The minimum atomic E-state index is -1.23. The number of aliphatic hydroxyl groups is 1. The molecule has 126 valence electrons. The van der Waals surface area contributed by atoms with Crippen LogP contribution >= 0.6 is 11.6 Å². The van der Waals surface area contributed by atoms with Crippen molar-refractivity contribution < 1.29 is 29.3 Å². The van der Waals surface area contributed by atoms with Crippen LogP contribution in [0.25, 0.3) is 0 Å². The average molecular weight is 344 g/mol. The number of carboxylic acids is 1. The van der Waals surface area contributed by atoms with Crippen LogP contribution in [0.15, 0.2) is 12.1 Å². The SMILES string of the molecule is COc1cc(C(=O)O)c(Cl)c(C(=O)N2CCC(OCCO)C2)c1. The molecule has 1 amide bonds. The molecule has 2 rings (SSSR count). The lowest BCUT2D eigenvalue weighted by atomic mass is 10.1. The Bertz CT molecular complexity index is 606. The van der Waals surface area contributed by atoms with Gasteiger partial charge in [0.15, 0.2) is 0 Å². The summed E-state index contributed by atoms with van der Waals surface area (Å²) >= 11 is 6.08. The Morgan fingerprint density at radius 1 is 1.39 bits per heavy atom. The summed E-state index contributed by atoms with van der Waals surface area (Å²) in [4.78, 5) is 25.4. The van der Waals surface area contributed by atoms with Crippen molar-refractivity contribution in [2.75, 3.05) is 33.4 Å². The van der Waals surface area contributed by atoms with Crippen molar-refractivity contribution in [1.82, 2.24) is 4.90 Å². The smallest absolute Gasteiger partial charge is 0.337 e. The quantitative estimate of drug-likeness (QED) is 0.807. The largest absolute Gasteiger partial charge is 0.497 e. The van der Waals surface area contributed by atoms with Gasteiger partial charge in [-0.15, -0.1) is 0 Å². The average Bonchev–Trinajstić information content (AvgIpc) is 3.01. The molecule has 7 nitrogen and oxygen atoms in total. The van der Waals surface area contributed by atoms with Crippen LogP contribution in [0.3, 0.4) is 0 Å². The highest BCUT2D eigenvalue weighted by atomic mass is 35.5. The van der Waals surface area contributed by atoms with Gasteiger partial charge in [-0.2, -0.15) is 0 Å². The Hall–Kier alpha value is -1.83. The van der Waals surface area contributed by atoms with Crippen molar-refractivity contribution in [3.63, 3.8) is 0 Å². The Morgan fingerprint density at radius 2 is 2.09 bits per heavy atom. The van der Waals surface area contributed by atoms with Crippen molar-refractivity contribution in [2.24, 2.45) is 0 Å². The minimum absolute atomic E-state index is 0.0753. The first-order valence-electron chi connectivity index (χ1n) is 7.10. The molecule has 1 saturated heterocycles. The van der Waals surface area contributed by atoms with Gasteiger partial charge in [0, 0.05) is 13.1 Å². The van der Waals surface area contributed by atoms with Crippen LogP contribution in [0.2, 0.25) is 5.02 Å². The van der Waals surface area contributed by atoms with Gasteiger partial charge in [0.2, 0.25) is 0 Å². The zero-order valence-corrected chi connectivity index (χ0v) is 13.4. The number of likely N-dealkylation sites (tertiary alicyclic amines) is 1. The van der Waals surface area contributed by atoms with Gasteiger partial charge in [-0.3, -0.25) is 4.79 Å². The van der Waals surface area contributed by atoms with E-state index in [1.54, 1.807) is 4.90 Å². The van der Waals surface area contributed by atoms with Crippen molar-refractivity contribution in [2.45, 2.75) is 12.5 Å². The van der Waals surface area contributed by atoms with E-state index in [4.69, 9.17) is 26.2 Å². The molecule has 1 aliphatic heterocycles. The van der Waals surface area contributed by atoms with E-state index < -0.39 is 5.97 Å². The third kappa shape index (κ3) is 3.93. The summed E-state index contributed by atoms with van der Waals surface area (Å²) in [6.07, 6.45) is 0.508. The molecular weight excluding hydrogens is 326 g/mol. The van der Waals surface area contributed by atoms with E-state index in [-0.39, 0.29) is 47.1 Å². The van der Waals surface area contributed by atoms with Crippen molar-refractivity contribution in [1.29, 1.82) is 0 Å². The highest BCUT2D eigenvalue weighted by Gasteiger charge is 2.30. The van der Waals surface area contributed by atoms with Crippen LogP contribution in [0.5, 0.6) is 5.75 Å². The lowest BCUT2D eigenvalue weighted by Crippen LogP contribution is -2.31. The van der Waals surface area contributed by atoms with E-state index in [9.17, 15) is 14.7 Å². The van der Waals surface area contributed by atoms with E-state index in [0.717, 1.165) is 0 Å². The summed E-state index contributed by atoms with van der Waals surface area (Å²) in [5, 5.41) is 17.8. The number of carboxylic acid groups (broad SMARTS) is 1. The van der Waals surface area contributed by atoms with E-state index in [0.29, 0.717) is 19.5 Å². The molecule has 0 saturated carbocycles. The fourth-order valence-electron chi connectivity index (χ4n) is 2.47. The summed E-state index contributed by atoms with van der Waals surface area (Å²) < 4.78 is 10.5. The van der Waals surface area contributed by atoms with Crippen molar-refractivity contribution in [3.05, 3.63) is 28.3 Å². The predicted molar refractivity (Wildman–Crippen MR) is 82.3 cm³/mol. The van der Waals surface area contributed by atoms with Crippen LogP contribution in [0.4, 0.5) is 0 Å². The molecule has 0 spiro atoms. The van der Waals surface area contributed by atoms with E-state index >= 15 is 0 Å². The molecule has 0 radical (unpaired) electrons. The van der Waals surface area contributed by atoms with Crippen LogP contribution in [0.1, 0.15) is 27.1 Å². The fraction of sp³-hybridized carbons (Fsp3) is 0.467. The summed E-state index contributed by atoms with van der Waals surface area (Å²) in [5.74, 6) is -1.34. The molecule has 1 unspecified atom stereocenters. The second-order valence-electron chi connectivity index (χ2n) is 5.10. The first-order valence-corrected chi connectivity index (χ1v) is 7.48. The maximum Gasteiger partial charge on any atom is 0.337 e. The minimum Gasteiger partial charge on any atom is -0.497 e. The number of carbonyl (C=O) groups excluding carboxylic acids is 1. The molecule has 23 heavy (non-hydrogen) atoms. The highest BCUT2D eigenvalue weighted by molar-refractivity contribution is 6.36. The van der Waals surface area contributed by atoms with Crippen molar-refractivity contribution in [3.8, 4) is 5.75 Å². The molecule has 1 atom stereocenters. The van der Waals surface area contributed by atoms with Gasteiger partial charge in [0.05, 0.1) is 42.6 Å². The number of methoxy groups -OCH3 is 1. The van der Waals surface area contributed by atoms with Gasteiger partial charge in [0.1, 0.15) is 5.75 Å². The van der Waals surface area contributed by atoms with Crippen LogP contribution in [0, 0.1) is 0 Å². The second kappa shape index (κ2) is 7.63. The van der Waals surface area contributed by atoms with Crippen LogP contribution in [-0.2, 0) is 4.74 Å².